The Labute approximate surface area is 352 Å². The highest BCUT2D eigenvalue weighted by Crippen LogP contribution is 2.21. The molecule has 0 aliphatic rings. The number of benzene rings is 5. The van der Waals surface area contributed by atoms with Crippen molar-refractivity contribution >= 4 is 40.2 Å². The van der Waals surface area contributed by atoms with Crippen LogP contribution in [0, 0.1) is 11.8 Å². The molecule has 312 valence electrons. The van der Waals surface area contributed by atoms with Crippen molar-refractivity contribution in [1.82, 2.24) is 10.6 Å². The number of unbranched alkanes of at least 4 members (excludes halogenated alkanes) is 1. The maximum Gasteiger partial charge on any atom is 0.309 e. The number of hydrogen-bond acceptors (Lipinski definition) is 7. The lowest BCUT2D eigenvalue weighted by Gasteiger charge is -2.24. The largest absolute Gasteiger partial charge is 0.489 e. The maximum absolute atomic E-state index is 13.9. The fourth-order valence-electron chi connectivity index (χ4n) is 6.87. The van der Waals surface area contributed by atoms with E-state index in [2.05, 4.69) is 29.1 Å². The Morgan fingerprint density at radius 2 is 1.35 bits per heavy atom. The number of aliphatic hydroxyl groups excluding tert-OH is 1. The summed E-state index contributed by atoms with van der Waals surface area (Å²) in [6.45, 7) is 7.26. The zero-order valence-electron chi connectivity index (χ0n) is 34.0. The maximum atomic E-state index is 13.9. The third kappa shape index (κ3) is 14.4. The number of carbonyl (C=O) groups excluding carboxylic acids is 4. The van der Waals surface area contributed by atoms with Gasteiger partial charge in [-0.25, -0.2) is 0 Å². The summed E-state index contributed by atoms with van der Waals surface area (Å²) < 4.78 is 11.7. The average Bonchev–Trinajstić information content (AvgIpc) is 3.27. The summed E-state index contributed by atoms with van der Waals surface area (Å²) >= 11 is 0. The van der Waals surface area contributed by atoms with Crippen LogP contribution in [0.4, 0.5) is 5.69 Å². The fourth-order valence-corrected chi connectivity index (χ4v) is 6.87. The van der Waals surface area contributed by atoms with E-state index in [1.54, 1.807) is 12.1 Å². The van der Waals surface area contributed by atoms with E-state index < -0.39 is 54.2 Å². The van der Waals surface area contributed by atoms with E-state index in [9.17, 15) is 24.3 Å². The highest BCUT2D eigenvalue weighted by atomic mass is 16.5. The Bertz CT molecular complexity index is 2160. The molecule has 0 aliphatic carbocycles. The molecular formula is C50H55N3O7. The summed E-state index contributed by atoms with van der Waals surface area (Å²) in [5.41, 5.74) is 3.41. The Kier molecular flexibility index (Phi) is 17.7. The van der Waals surface area contributed by atoms with Gasteiger partial charge in [0.15, 0.2) is 0 Å². The molecule has 0 heterocycles. The quantitative estimate of drug-likeness (QED) is 0.0282. The minimum absolute atomic E-state index is 0.134. The number of hydrogen-bond donors (Lipinski definition) is 4. The van der Waals surface area contributed by atoms with E-state index in [0.717, 1.165) is 40.3 Å². The summed E-state index contributed by atoms with van der Waals surface area (Å²) in [5.74, 6) is -2.79. The van der Waals surface area contributed by atoms with E-state index >= 15 is 0 Å². The number of anilines is 1. The van der Waals surface area contributed by atoms with Gasteiger partial charge < -0.3 is 30.5 Å². The molecule has 5 aromatic rings. The number of ether oxygens (including phenoxy) is 2. The third-order valence-corrected chi connectivity index (χ3v) is 10.2. The average molecular weight is 810 g/mol. The smallest absolute Gasteiger partial charge is 0.309 e. The first-order chi connectivity index (χ1) is 29.2. The van der Waals surface area contributed by atoms with Crippen molar-refractivity contribution in [3.05, 3.63) is 169 Å². The zero-order chi connectivity index (χ0) is 42.5. The summed E-state index contributed by atoms with van der Waals surface area (Å²) in [6, 6.07) is 38.2. The minimum atomic E-state index is -1.28. The lowest BCUT2D eigenvalue weighted by atomic mass is 9.94. The van der Waals surface area contributed by atoms with Gasteiger partial charge in [0.2, 0.25) is 11.8 Å². The molecule has 0 saturated heterocycles. The van der Waals surface area contributed by atoms with Gasteiger partial charge in [0, 0.05) is 12.1 Å². The van der Waals surface area contributed by atoms with Crippen LogP contribution in [0.3, 0.4) is 0 Å². The molecule has 4 unspecified atom stereocenters. The van der Waals surface area contributed by atoms with E-state index in [1.807, 2.05) is 121 Å². The van der Waals surface area contributed by atoms with Crippen molar-refractivity contribution in [2.24, 2.45) is 11.8 Å². The SMILES string of the molecule is C=CCCCC(Cc1ccccc1)C(=O)OCC(NC(=O)C(CC=C)CC(=O)NC(CO)Cc1ccc(OCc2ccccc2)cc1)C(=O)Nc1ccc2ccccc2c1. The molecule has 10 heteroatoms. The first-order valence-corrected chi connectivity index (χ1v) is 20.4. The van der Waals surface area contributed by atoms with Gasteiger partial charge in [0.1, 0.15) is 25.0 Å². The van der Waals surface area contributed by atoms with Gasteiger partial charge in [-0.1, -0.05) is 115 Å². The summed E-state index contributed by atoms with van der Waals surface area (Å²) in [6.07, 6.45) is 6.07. The Balaban J connectivity index is 1.23. The van der Waals surface area contributed by atoms with Crippen molar-refractivity contribution in [1.29, 1.82) is 0 Å². The molecule has 0 bridgehead atoms. The summed E-state index contributed by atoms with van der Waals surface area (Å²) in [5, 5.41) is 20.6. The van der Waals surface area contributed by atoms with E-state index in [4.69, 9.17) is 9.47 Å². The molecule has 0 saturated carbocycles. The normalized spacial score (nSPS) is 12.9. The summed E-state index contributed by atoms with van der Waals surface area (Å²) in [4.78, 5) is 54.8. The lowest BCUT2D eigenvalue weighted by molar-refractivity contribution is -0.151. The van der Waals surface area contributed by atoms with Crippen LogP contribution in [0.1, 0.15) is 48.8 Å². The van der Waals surface area contributed by atoms with Crippen LogP contribution < -0.4 is 20.7 Å². The third-order valence-electron chi connectivity index (χ3n) is 10.2. The van der Waals surface area contributed by atoms with Gasteiger partial charge in [-0.3, -0.25) is 19.2 Å². The zero-order valence-corrected chi connectivity index (χ0v) is 34.0. The van der Waals surface area contributed by atoms with Gasteiger partial charge >= 0.3 is 5.97 Å². The van der Waals surface area contributed by atoms with Crippen LogP contribution in [0.25, 0.3) is 10.8 Å². The molecule has 5 rings (SSSR count). The van der Waals surface area contributed by atoms with E-state index in [-0.39, 0.29) is 19.4 Å². The van der Waals surface area contributed by atoms with Gasteiger partial charge in [-0.2, -0.15) is 0 Å². The van der Waals surface area contributed by atoms with Crippen molar-refractivity contribution in [2.75, 3.05) is 18.5 Å². The fraction of sp³-hybridized carbons (Fsp3) is 0.280. The number of allylic oxidation sites excluding steroid dienone is 2. The highest BCUT2D eigenvalue weighted by molar-refractivity contribution is 5.99. The molecule has 60 heavy (non-hydrogen) atoms. The number of nitrogens with one attached hydrogen (secondary N) is 3. The number of carbonyl (C=O) groups is 4. The van der Waals surface area contributed by atoms with Crippen LogP contribution in [0.15, 0.2) is 153 Å². The highest BCUT2D eigenvalue weighted by Gasteiger charge is 2.30. The van der Waals surface area contributed by atoms with Crippen LogP contribution in [-0.4, -0.2) is 54.1 Å². The Morgan fingerprint density at radius 1 is 0.683 bits per heavy atom. The second-order valence-corrected chi connectivity index (χ2v) is 14.8. The number of rotatable bonds is 24. The second kappa shape index (κ2) is 23.8. The van der Waals surface area contributed by atoms with E-state index in [0.29, 0.717) is 37.3 Å². The topological polar surface area (TPSA) is 143 Å². The Morgan fingerprint density at radius 3 is 2.03 bits per heavy atom. The van der Waals surface area contributed by atoms with Crippen LogP contribution >= 0.6 is 0 Å². The minimum Gasteiger partial charge on any atom is -0.489 e. The Hall–Kier alpha value is -6.52. The van der Waals surface area contributed by atoms with Crippen molar-refractivity contribution in [2.45, 2.75) is 63.6 Å². The monoisotopic (exact) mass is 809 g/mol. The number of aliphatic hydroxyl groups is 1. The standard InChI is InChI=1S/C50H55N3O7/c1-3-5-8-22-42(29-36-16-9-6-10-17-36)50(58)60-35-46(49(57)52-43-26-25-39-20-13-14-21-40(39)31-43)53-48(56)41(15-4-2)32-47(55)51-44(33-54)30-37-23-27-45(28-24-37)59-34-38-18-11-7-12-19-38/h3-4,6-7,9-14,16-21,23-28,31,41-42,44,46,54H,1-2,5,8,15,22,29-30,32-35H2,(H,51,55)(H,52,57)(H,53,56). The first kappa shape index (κ1) is 44.6. The van der Waals surface area contributed by atoms with Gasteiger partial charge in [-0.05, 0) is 90.3 Å². The predicted molar refractivity (Wildman–Crippen MR) is 236 cm³/mol. The van der Waals surface area contributed by atoms with Gasteiger partial charge in [0.25, 0.3) is 5.91 Å². The van der Waals surface area contributed by atoms with Gasteiger partial charge in [0.05, 0.1) is 24.5 Å². The molecule has 0 aliphatic heterocycles. The second-order valence-electron chi connectivity index (χ2n) is 14.8. The lowest BCUT2D eigenvalue weighted by Crippen LogP contribution is -2.50. The molecule has 4 N–H and O–H groups in total. The number of esters is 1. The van der Waals surface area contributed by atoms with Crippen LogP contribution in [-0.2, 0) is 43.4 Å². The first-order valence-electron chi connectivity index (χ1n) is 20.4. The molecule has 0 fully saturated rings. The molecule has 10 nitrogen and oxygen atoms in total. The number of fused-ring (bicyclic) bond motifs is 1. The van der Waals surface area contributed by atoms with E-state index in [1.165, 1.54) is 6.08 Å². The summed E-state index contributed by atoms with van der Waals surface area (Å²) in [7, 11) is 0. The number of amides is 3. The molecule has 0 radical (unpaired) electrons. The molecule has 0 spiro atoms. The molecule has 4 atom stereocenters. The van der Waals surface area contributed by atoms with Crippen molar-refractivity contribution in [3.8, 4) is 5.75 Å². The van der Waals surface area contributed by atoms with Crippen LogP contribution in [0.2, 0.25) is 0 Å². The van der Waals surface area contributed by atoms with Crippen LogP contribution in [0.5, 0.6) is 5.75 Å². The molecule has 0 aromatic heterocycles. The van der Waals surface area contributed by atoms with Crippen molar-refractivity contribution < 1.29 is 33.8 Å². The molecular weight excluding hydrogens is 755 g/mol. The predicted octanol–water partition coefficient (Wildman–Crippen LogP) is 7.90. The molecule has 5 aromatic carbocycles. The van der Waals surface area contributed by atoms with Crippen molar-refractivity contribution in [3.63, 3.8) is 0 Å². The molecule has 3 amide bonds. The van der Waals surface area contributed by atoms with Gasteiger partial charge in [-0.15, -0.1) is 13.2 Å².